The molecule has 0 bridgehead atoms. The average Bonchev–Trinajstić information content (AvgIpc) is 2.93. The maximum Gasteiger partial charge on any atom is 0.257 e. The summed E-state index contributed by atoms with van der Waals surface area (Å²) in [5.41, 5.74) is 2.80. The van der Waals surface area contributed by atoms with Gasteiger partial charge in [0, 0.05) is 48.1 Å². The Morgan fingerprint density at radius 1 is 0.973 bits per heavy atom. The van der Waals surface area contributed by atoms with E-state index in [-0.39, 0.29) is 17.9 Å². The van der Waals surface area contributed by atoms with Crippen LogP contribution in [-0.2, 0) is 0 Å². The molecule has 1 saturated heterocycles. The van der Waals surface area contributed by atoms with Gasteiger partial charge in [0.25, 0.3) is 11.8 Å². The van der Waals surface area contributed by atoms with E-state index in [4.69, 9.17) is 21.1 Å². The second-order valence-corrected chi connectivity index (χ2v) is 9.42. The molecule has 0 spiro atoms. The molecule has 1 heterocycles. The molecule has 1 N–H and O–H groups in total. The van der Waals surface area contributed by atoms with Crippen LogP contribution in [0.5, 0.6) is 11.5 Å². The Hall–Kier alpha value is -3.71. The van der Waals surface area contributed by atoms with Crippen LogP contribution in [0.4, 0.5) is 11.4 Å². The Morgan fingerprint density at radius 2 is 1.65 bits per heavy atom. The number of amides is 2. The highest BCUT2D eigenvalue weighted by Gasteiger charge is 2.24. The van der Waals surface area contributed by atoms with Crippen LogP contribution in [0.15, 0.2) is 66.7 Å². The van der Waals surface area contributed by atoms with Gasteiger partial charge in [-0.2, -0.15) is 0 Å². The SMILES string of the molecule is CC[C@H](C)Oc1ccc(C(=O)Nc2ccc(N3CCN(C(=O)c4cc(Cl)ccc4OC)CC3)cc2)cc1. The number of anilines is 2. The molecule has 0 saturated carbocycles. The summed E-state index contributed by atoms with van der Waals surface area (Å²) in [5, 5.41) is 3.44. The zero-order valence-corrected chi connectivity index (χ0v) is 22.1. The zero-order chi connectivity index (χ0) is 26.4. The lowest BCUT2D eigenvalue weighted by atomic mass is 10.1. The fourth-order valence-corrected chi connectivity index (χ4v) is 4.32. The van der Waals surface area contributed by atoms with E-state index >= 15 is 0 Å². The molecule has 3 aromatic carbocycles. The first-order valence-corrected chi connectivity index (χ1v) is 12.8. The second kappa shape index (κ2) is 12.0. The van der Waals surface area contributed by atoms with Crippen molar-refractivity contribution in [1.29, 1.82) is 0 Å². The molecule has 1 aliphatic heterocycles. The molecule has 1 aliphatic rings. The summed E-state index contributed by atoms with van der Waals surface area (Å²) in [4.78, 5) is 29.7. The van der Waals surface area contributed by atoms with Crippen molar-refractivity contribution in [2.45, 2.75) is 26.4 Å². The van der Waals surface area contributed by atoms with Crippen molar-refractivity contribution in [1.82, 2.24) is 4.90 Å². The van der Waals surface area contributed by atoms with Crippen molar-refractivity contribution < 1.29 is 19.1 Å². The van der Waals surface area contributed by atoms with Crippen molar-refractivity contribution in [2.75, 3.05) is 43.5 Å². The fraction of sp³-hybridized carbons (Fsp3) is 0.310. The first kappa shape index (κ1) is 26.4. The van der Waals surface area contributed by atoms with Crippen LogP contribution >= 0.6 is 11.6 Å². The summed E-state index contributed by atoms with van der Waals surface area (Å²) in [6.07, 6.45) is 1.05. The molecule has 1 fully saturated rings. The number of methoxy groups -OCH3 is 1. The third kappa shape index (κ3) is 6.54. The molecule has 3 aromatic rings. The van der Waals surface area contributed by atoms with Crippen LogP contribution < -0.4 is 19.7 Å². The zero-order valence-electron chi connectivity index (χ0n) is 21.4. The van der Waals surface area contributed by atoms with Gasteiger partial charge in [-0.05, 0) is 80.1 Å². The van der Waals surface area contributed by atoms with Crippen molar-refractivity contribution in [3.05, 3.63) is 82.9 Å². The number of halogens is 1. The molecule has 37 heavy (non-hydrogen) atoms. The molecule has 0 radical (unpaired) electrons. The van der Waals surface area contributed by atoms with Crippen molar-refractivity contribution in [3.63, 3.8) is 0 Å². The number of nitrogens with zero attached hydrogens (tertiary/aromatic N) is 2. The molecule has 7 nitrogen and oxygen atoms in total. The number of rotatable bonds is 8. The first-order valence-electron chi connectivity index (χ1n) is 12.4. The highest BCUT2D eigenvalue weighted by atomic mass is 35.5. The summed E-state index contributed by atoms with van der Waals surface area (Å²) < 4.78 is 11.1. The van der Waals surface area contributed by atoms with E-state index in [1.165, 1.54) is 0 Å². The van der Waals surface area contributed by atoms with Crippen LogP contribution in [0, 0.1) is 0 Å². The number of hydrogen-bond donors (Lipinski definition) is 1. The summed E-state index contributed by atoms with van der Waals surface area (Å²) in [7, 11) is 1.55. The van der Waals surface area contributed by atoms with Crippen LogP contribution in [0.1, 0.15) is 41.0 Å². The third-order valence-electron chi connectivity index (χ3n) is 6.48. The highest BCUT2D eigenvalue weighted by molar-refractivity contribution is 6.31. The maximum atomic E-state index is 13.0. The Kier molecular flexibility index (Phi) is 8.56. The molecule has 1 atom stereocenters. The largest absolute Gasteiger partial charge is 0.496 e. The smallest absolute Gasteiger partial charge is 0.257 e. The second-order valence-electron chi connectivity index (χ2n) is 8.99. The number of nitrogens with one attached hydrogen (secondary N) is 1. The van der Waals surface area contributed by atoms with Gasteiger partial charge in [-0.3, -0.25) is 9.59 Å². The van der Waals surface area contributed by atoms with Crippen molar-refractivity contribution >= 4 is 34.8 Å². The minimum absolute atomic E-state index is 0.0865. The number of carbonyl (C=O) groups is 2. The predicted octanol–water partition coefficient (Wildman–Crippen LogP) is 5.74. The van der Waals surface area contributed by atoms with Gasteiger partial charge in [0.1, 0.15) is 11.5 Å². The molecule has 2 amide bonds. The Bertz CT molecular complexity index is 1220. The lowest BCUT2D eigenvalue weighted by Gasteiger charge is -2.36. The summed E-state index contributed by atoms with van der Waals surface area (Å²) in [6, 6.07) is 20.0. The molecular weight excluding hydrogens is 490 g/mol. The van der Waals surface area contributed by atoms with E-state index < -0.39 is 0 Å². The third-order valence-corrected chi connectivity index (χ3v) is 6.71. The average molecular weight is 522 g/mol. The van der Waals surface area contributed by atoms with E-state index in [2.05, 4.69) is 17.1 Å². The van der Waals surface area contributed by atoms with Gasteiger partial charge in [0.05, 0.1) is 18.8 Å². The predicted molar refractivity (Wildman–Crippen MR) is 147 cm³/mol. The highest BCUT2D eigenvalue weighted by Crippen LogP contribution is 2.26. The van der Waals surface area contributed by atoms with Crippen LogP contribution in [0.3, 0.4) is 0 Å². The lowest BCUT2D eigenvalue weighted by molar-refractivity contribution is 0.0743. The summed E-state index contributed by atoms with van der Waals surface area (Å²) in [6.45, 7) is 6.66. The molecule has 194 valence electrons. The molecule has 4 rings (SSSR count). The number of hydrogen-bond acceptors (Lipinski definition) is 5. The quantitative estimate of drug-likeness (QED) is 0.409. The van der Waals surface area contributed by atoms with Crippen LogP contribution in [0.25, 0.3) is 0 Å². The standard InChI is InChI=1S/C29H32ClN3O4/c1-4-20(2)37-25-12-5-21(6-13-25)28(34)31-23-8-10-24(11-9-23)32-15-17-33(18-16-32)29(35)26-19-22(30)7-14-27(26)36-3/h5-14,19-20H,4,15-18H2,1-3H3,(H,31,34)/t20-/m0/s1. The van der Waals surface area contributed by atoms with E-state index in [1.807, 2.05) is 48.2 Å². The number of carbonyl (C=O) groups excluding carboxylic acids is 2. The minimum atomic E-state index is -0.175. The first-order chi connectivity index (χ1) is 17.9. The van der Waals surface area contributed by atoms with Crippen LogP contribution in [-0.4, -0.2) is 56.1 Å². The molecule has 0 aliphatic carbocycles. The number of ether oxygens (including phenoxy) is 2. The molecule has 0 aromatic heterocycles. The van der Waals surface area contributed by atoms with Gasteiger partial charge in [-0.25, -0.2) is 0 Å². The van der Waals surface area contributed by atoms with Crippen LogP contribution in [0.2, 0.25) is 5.02 Å². The monoisotopic (exact) mass is 521 g/mol. The summed E-state index contributed by atoms with van der Waals surface area (Å²) in [5.74, 6) is 1.01. The number of benzene rings is 3. The van der Waals surface area contributed by atoms with Gasteiger partial charge in [-0.15, -0.1) is 0 Å². The van der Waals surface area contributed by atoms with E-state index in [0.29, 0.717) is 48.1 Å². The van der Waals surface area contributed by atoms with Gasteiger partial charge < -0.3 is 24.6 Å². The van der Waals surface area contributed by atoms with Gasteiger partial charge in [-0.1, -0.05) is 18.5 Å². The van der Waals surface area contributed by atoms with Gasteiger partial charge >= 0.3 is 0 Å². The number of piperazine rings is 1. The molecular formula is C29H32ClN3O4. The Morgan fingerprint density at radius 3 is 2.27 bits per heavy atom. The molecule has 8 heteroatoms. The van der Waals surface area contributed by atoms with Crippen molar-refractivity contribution in [3.8, 4) is 11.5 Å². The fourth-order valence-electron chi connectivity index (χ4n) is 4.14. The normalized spacial score (nSPS) is 14.2. The minimum Gasteiger partial charge on any atom is -0.496 e. The van der Waals surface area contributed by atoms with E-state index in [1.54, 1.807) is 37.4 Å². The summed E-state index contributed by atoms with van der Waals surface area (Å²) >= 11 is 6.10. The Balaban J connectivity index is 1.31. The maximum absolute atomic E-state index is 13.0. The Labute approximate surface area is 222 Å². The van der Waals surface area contributed by atoms with Crippen molar-refractivity contribution in [2.24, 2.45) is 0 Å². The van der Waals surface area contributed by atoms with Gasteiger partial charge in [0.2, 0.25) is 0 Å². The van der Waals surface area contributed by atoms with E-state index in [0.717, 1.165) is 23.5 Å². The van der Waals surface area contributed by atoms with E-state index in [9.17, 15) is 9.59 Å². The lowest BCUT2D eigenvalue weighted by Crippen LogP contribution is -2.48. The van der Waals surface area contributed by atoms with Gasteiger partial charge in [0.15, 0.2) is 0 Å². The molecule has 0 unspecified atom stereocenters. The topological polar surface area (TPSA) is 71.1 Å².